The fraction of sp³-hybridized carbons (Fsp3) is 0.286. The van der Waals surface area contributed by atoms with E-state index in [1.807, 2.05) is 0 Å². The SMILES string of the molecule is C[C@H](O)c1nn(-c2cc(O[C@@H](C)C(F)(F)F)c(C(=O)Nc3c(Cl)cccc3Cl)cc2F)c(=O)n1C. The molecule has 2 atom stereocenters. The van der Waals surface area contributed by atoms with E-state index in [2.05, 4.69) is 10.4 Å². The Hall–Kier alpha value is -3.09. The van der Waals surface area contributed by atoms with E-state index < -0.39 is 52.8 Å². The van der Waals surface area contributed by atoms with E-state index in [0.29, 0.717) is 17.7 Å². The van der Waals surface area contributed by atoms with Gasteiger partial charge in [0.1, 0.15) is 23.4 Å². The number of halogens is 6. The summed E-state index contributed by atoms with van der Waals surface area (Å²) in [6.07, 6.45) is -8.43. The molecule has 0 saturated carbocycles. The Morgan fingerprint density at radius 2 is 1.80 bits per heavy atom. The Bertz CT molecular complexity index is 1320. The van der Waals surface area contributed by atoms with Crippen LogP contribution in [0.25, 0.3) is 5.69 Å². The Morgan fingerprint density at radius 1 is 1.20 bits per heavy atom. The molecule has 0 unspecified atom stereocenters. The zero-order valence-electron chi connectivity index (χ0n) is 18.3. The van der Waals surface area contributed by atoms with Gasteiger partial charge in [0.2, 0.25) is 0 Å². The Kier molecular flexibility index (Phi) is 7.48. The van der Waals surface area contributed by atoms with Crippen LogP contribution in [0.4, 0.5) is 23.2 Å². The van der Waals surface area contributed by atoms with Gasteiger partial charge in [0.15, 0.2) is 11.9 Å². The minimum absolute atomic E-state index is 0.0276. The van der Waals surface area contributed by atoms with Crippen LogP contribution >= 0.6 is 23.2 Å². The van der Waals surface area contributed by atoms with E-state index >= 15 is 4.39 Å². The zero-order chi connectivity index (χ0) is 26.2. The first-order valence-electron chi connectivity index (χ1n) is 9.89. The fourth-order valence-electron chi connectivity index (χ4n) is 3.01. The average Bonchev–Trinajstić information content (AvgIpc) is 3.05. The van der Waals surface area contributed by atoms with Gasteiger partial charge in [0.05, 0.1) is 21.3 Å². The number of carbonyl (C=O) groups is 1. The van der Waals surface area contributed by atoms with Gasteiger partial charge >= 0.3 is 11.9 Å². The van der Waals surface area contributed by atoms with Crippen molar-refractivity contribution >= 4 is 34.8 Å². The summed E-state index contributed by atoms with van der Waals surface area (Å²) >= 11 is 12.0. The number of benzene rings is 2. The van der Waals surface area contributed by atoms with Crippen molar-refractivity contribution in [1.82, 2.24) is 14.3 Å². The second-order valence-electron chi connectivity index (χ2n) is 7.44. The fourth-order valence-corrected chi connectivity index (χ4v) is 3.50. The maximum absolute atomic E-state index is 15.1. The second-order valence-corrected chi connectivity index (χ2v) is 8.25. The predicted octanol–water partition coefficient (Wildman–Crippen LogP) is 4.65. The molecule has 14 heteroatoms. The van der Waals surface area contributed by atoms with Gasteiger partial charge in [0.25, 0.3) is 5.91 Å². The summed E-state index contributed by atoms with van der Waals surface area (Å²) in [5.41, 5.74) is -2.18. The molecule has 0 radical (unpaired) electrons. The predicted molar refractivity (Wildman–Crippen MR) is 120 cm³/mol. The van der Waals surface area contributed by atoms with E-state index in [4.69, 9.17) is 27.9 Å². The van der Waals surface area contributed by atoms with Crippen molar-refractivity contribution in [3.05, 3.63) is 68.1 Å². The van der Waals surface area contributed by atoms with Crippen LogP contribution in [0.3, 0.4) is 0 Å². The number of carbonyl (C=O) groups excluding carboxylic acids is 1. The number of nitrogens with zero attached hydrogens (tertiary/aromatic N) is 3. The number of amides is 1. The molecule has 3 aromatic rings. The Morgan fingerprint density at radius 3 is 2.31 bits per heavy atom. The van der Waals surface area contributed by atoms with Crippen molar-refractivity contribution in [2.75, 3.05) is 5.32 Å². The third-order valence-corrected chi connectivity index (χ3v) is 5.51. The first kappa shape index (κ1) is 26.5. The van der Waals surface area contributed by atoms with E-state index in [0.717, 1.165) is 10.6 Å². The first-order valence-corrected chi connectivity index (χ1v) is 10.6. The van der Waals surface area contributed by atoms with Gasteiger partial charge in [-0.05, 0) is 32.0 Å². The molecule has 35 heavy (non-hydrogen) atoms. The molecule has 8 nitrogen and oxygen atoms in total. The van der Waals surface area contributed by atoms with Crippen molar-refractivity contribution < 1.29 is 32.2 Å². The number of aliphatic hydroxyl groups excluding tert-OH is 1. The summed E-state index contributed by atoms with van der Waals surface area (Å²) in [7, 11) is 1.27. The molecule has 0 aliphatic heterocycles. The average molecular weight is 537 g/mol. The quantitative estimate of drug-likeness (QED) is 0.447. The molecule has 1 heterocycles. The highest BCUT2D eigenvalue weighted by molar-refractivity contribution is 6.40. The van der Waals surface area contributed by atoms with Crippen LogP contribution in [0, 0.1) is 5.82 Å². The number of aliphatic hydroxyl groups is 1. The van der Waals surface area contributed by atoms with Crippen LogP contribution in [0.15, 0.2) is 35.1 Å². The minimum Gasteiger partial charge on any atom is -0.480 e. The van der Waals surface area contributed by atoms with Crippen LogP contribution in [0.2, 0.25) is 10.0 Å². The smallest absolute Gasteiger partial charge is 0.425 e. The van der Waals surface area contributed by atoms with Gasteiger partial charge in [-0.3, -0.25) is 9.36 Å². The maximum Gasteiger partial charge on any atom is 0.425 e. The molecule has 188 valence electrons. The lowest BCUT2D eigenvalue weighted by Gasteiger charge is -2.20. The first-order chi connectivity index (χ1) is 16.2. The number of hydrogen-bond acceptors (Lipinski definition) is 5. The van der Waals surface area contributed by atoms with E-state index in [1.165, 1.54) is 32.2 Å². The molecule has 0 aliphatic carbocycles. The lowest BCUT2D eigenvalue weighted by Crippen LogP contribution is -2.32. The highest BCUT2D eigenvalue weighted by Crippen LogP contribution is 2.34. The van der Waals surface area contributed by atoms with Gasteiger partial charge in [-0.25, -0.2) is 9.18 Å². The molecular formula is C21H18Cl2F4N4O4. The van der Waals surface area contributed by atoms with Crippen molar-refractivity contribution in [3.8, 4) is 11.4 Å². The van der Waals surface area contributed by atoms with Gasteiger partial charge in [-0.1, -0.05) is 29.3 Å². The summed E-state index contributed by atoms with van der Waals surface area (Å²) in [5.74, 6) is -3.07. The van der Waals surface area contributed by atoms with E-state index in [1.54, 1.807) is 0 Å². The molecule has 0 spiro atoms. The van der Waals surface area contributed by atoms with Crippen LogP contribution in [-0.4, -0.2) is 37.6 Å². The number of hydrogen-bond donors (Lipinski definition) is 2. The third-order valence-electron chi connectivity index (χ3n) is 4.88. The lowest BCUT2D eigenvalue weighted by atomic mass is 10.1. The molecule has 1 aromatic heterocycles. The summed E-state index contributed by atoms with van der Waals surface area (Å²) in [4.78, 5) is 25.4. The van der Waals surface area contributed by atoms with Gasteiger partial charge in [0, 0.05) is 13.1 Å². The molecule has 2 aromatic carbocycles. The summed E-state index contributed by atoms with van der Waals surface area (Å²) in [6.45, 7) is 2.00. The molecule has 3 rings (SSSR count). The van der Waals surface area contributed by atoms with Gasteiger partial charge in [-0.2, -0.15) is 17.9 Å². The monoisotopic (exact) mass is 536 g/mol. The molecule has 2 N–H and O–H groups in total. The standard InChI is InChI=1S/C21H18Cl2F4N4O4/c1-9(32)18-29-31(20(34)30(18)3)15-8-16(35-10(2)21(25,26)27)11(7-14(15)24)19(33)28-17-12(22)5-4-6-13(17)23/h4-10,32H,1-3H3,(H,28,33)/t9-,10-/m0/s1. The third kappa shape index (κ3) is 5.44. The van der Waals surface area contributed by atoms with Crippen molar-refractivity contribution in [1.29, 1.82) is 0 Å². The Balaban J connectivity index is 2.16. The molecule has 0 aliphatic rings. The summed E-state index contributed by atoms with van der Waals surface area (Å²) < 4.78 is 61.1. The van der Waals surface area contributed by atoms with Crippen molar-refractivity contribution in [3.63, 3.8) is 0 Å². The van der Waals surface area contributed by atoms with Gasteiger partial charge in [-0.15, -0.1) is 5.10 Å². The number of aromatic nitrogens is 3. The number of anilines is 1. The van der Waals surface area contributed by atoms with Gasteiger partial charge < -0.3 is 15.2 Å². The highest BCUT2D eigenvalue weighted by Gasteiger charge is 2.39. The number of nitrogens with one attached hydrogen (secondary N) is 1. The highest BCUT2D eigenvalue weighted by atomic mass is 35.5. The summed E-state index contributed by atoms with van der Waals surface area (Å²) in [6, 6.07) is 5.64. The molecule has 0 bridgehead atoms. The molecule has 1 amide bonds. The van der Waals surface area contributed by atoms with E-state index in [9.17, 15) is 27.9 Å². The second kappa shape index (κ2) is 9.88. The van der Waals surface area contributed by atoms with Crippen LogP contribution in [0.1, 0.15) is 36.1 Å². The van der Waals surface area contributed by atoms with Crippen LogP contribution in [-0.2, 0) is 7.05 Å². The number of para-hydroxylation sites is 1. The van der Waals surface area contributed by atoms with Crippen molar-refractivity contribution in [2.45, 2.75) is 32.2 Å². The van der Waals surface area contributed by atoms with Crippen LogP contribution in [0.5, 0.6) is 5.75 Å². The molecular weight excluding hydrogens is 519 g/mol. The number of rotatable bonds is 6. The topological polar surface area (TPSA) is 98.4 Å². The molecule has 0 fully saturated rings. The molecule has 0 saturated heterocycles. The number of ether oxygens (including phenoxy) is 1. The largest absolute Gasteiger partial charge is 0.480 e. The normalized spacial score (nSPS) is 13.4. The minimum atomic E-state index is -4.82. The zero-order valence-corrected chi connectivity index (χ0v) is 19.8. The van der Waals surface area contributed by atoms with Crippen molar-refractivity contribution in [2.24, 2.45) is 7.05 Å². The number of alkyl halides is 3. The Labute approximate surface area is 205 Å². The summed E-state index contributed by atoms with van der Waals surface area (Å²) in [5, 5.41) is 16.0. The maximum atomic E-state index is 15.1. The van der Waals surface area contributed by atoms with Crippen LogP contribution < -0.4 is 15.7 Å². The van der Waals surface area contributed by atoms with E-state index in [-0.39, 0.29) is 21.6 Å². The lowest BCUT2D eigenvalue weighted by molar-refractivity contribution is -0.189.